The van der Waals surface area contributed by atoms with Gasteiger partial charge in [-0.25, -0.2) is 0 Å². The Balaban J connectivity index is 3.77. The summed E-state index contributed by atoms with van der Waals surface area (Å²) in [4.78, 5) is 23.1. The van der Waals surface area contributed by atoms with Crippen LogP contribution in [0.1, 0.15) is 213 Å². The fourth-order valence-corrected chi connectivity index (χ4v) is 5.80. The van der Waals surface area contributed by atoms with Crippen molar-refractivity contribution in [3.05, 3.63) is 24.3 Å². The van der Waals surface area contributed by atoms with Gasteiger partial charge in [0.2, 0.25) is 0 Å². The van der Waals surface area contributed by atoms with Crippen LogP contribution in [0.4, 0.5) is 0 Å². The van der Waals surface area contributed by atoms with Gasteiger partial charge in [0.05, 0.1) is 0 Å². The summed E-state index contributed by atoms with van der Waals surface area (Å²) >= 11 is 0. The first-order chi connectivity index (χ1) is 21.6. The second-order valence-electron chi connectivity index (χ2n) is 13.1. The number of rotatable bonds is 35. The van der Waals surface area contributed by atoms with Gasteiger partial charge in [-0.15, -0.1) is 0 Å². The number of carbonyl (C=O) groups excluding carboxylic acids is 1. The zero-order valence-corrected chi connectivity index (χ0v) is 29.5. The molecule has 0 aromatic carbocycles. The van der Waals surface area contributed by atoms with Gasteiger partial charge in [-0.1, -0.05) is 154 Å². The molecule has 0 aliphatic rings. The van der Waals surface area contributed by atoms with Crippen LogP contribution in [0.2, 0.25) is 0 Å². The predicted octanol–water partition coefficient (Wildman–Crippen LogP) is 13.2. The fourth-order valence-electron chi connectivity index (χ4n) is 5.80. The summed E-state index contributed by atoms with van der Waals surface area (Å²) in [5, 5.41) is 8.71. The summed E-state index contributed by atoms with van der Waals surface area (Å²) in [6, 6.07) is 0. The number of allylic oxidation sites excluding steroid dienone is 4. The van der Waals surface area contributed by atoms with Crippen LogP contribution in [0.25, 0.3) is 0 Å². The third-order valence-corrected chi connectivity index (χ3v) is 8.68. The monoisotopic (exact) mass is 619 g/mol. The Bertz CT molecular complexity index is 668. The molecule has 1 unspecified atom stereocenters. The first-order valence-electron chi connectivity index (χ1n) is 19.3. The molecule has 0 heterocycles. The first-order valence-corrected chi connectivity index (χ1v) is 19.3. The van der Waals surface area contributed by atoms with Crippen molar-refractivity contribution in [2.75, 3.05) is 0 Å². The average molecular weight is 619 g/mol. The highest BCUT2D eigenvalue weighted by Crippen LogP contribution is 2.18. The van der Waals surface area contributed by atoms with E-state index < -0.39 is 5.97 Å². The van der Waals surface area contributed by atoms with E-state index in [1.807, 2.05) is 0 Å². The van der Waals surface area contributed by atoms with Gasteiger partial charge in [0, 0.05) is 12.8 Å². The molecular weight excluding hydrogens is 544 g/mol. The molecular formula is C40H74O4. The van der Waals surface area contributed by atoms with Crippen molar-refractivity contribution in [2.45, 2.75) is 219 Å². The van der Waals surface area contributed by atoms with Crippen LogP contribution in [0.5, 0.6) is 0 Å². The Morgan fingerprint density at radius 3 is 1.39 bits per heavy atom. The second-order valence-corrected chi connectivity index (χ2v) is 13.1. The van der Waals surface area contributed by atoms with Crippen molar-refractivity contribution in [1.82, 2.24) is 0 Å². The lowest BCUT2D eigenvalue weighted by Crippen LogP contribution is -2.18. The number of carboxylic acids is 1. The minimum absolute atomic E-state index is 0.0175. The Morgan fingerprint density at radius 1 is 0.500 bits per heavy atom. The molecule has 0 amide bonds. The van der Waals surface area contributed by atoms with E-state index in [9.17, 15) is 9.59 Å². The smallest absolute Gasteiger partial charge is 0.306 e. The van der Waals surface area contributed by atoms with E-state index in [4.69, 9.17) is 9.84 Å². The summed E-state index contributed by atoms with van der Waals surface area (Å²) in [5.41, 5.74) is 0. The number of carbonyl (C=O) groups is 2. The lowest BCUT2D eigenvalue weighted by Gasteiger charge is -2.18. The average Bonchev–Trinajstić information content (AvgIpc) is 3.01. The minimum atomic E-state index is -0.683. The van der Waals surface area contributed by atoms with Crippen LogP contribution < -0.4 is 0 Å². The standard InChI is InChI=1S/C40H74O4/c1-3-5-7-9-10-11-12-13-14-15-16-17-18-19-20-21-26-29-33-37-40(43)44-38(34-30-8-6-4-2)35-31-27-24-22-23-25-28-32-36-39(41)42/h10-11,13-14,38H,3-9,12,15-37H2,1-2H3,(H,41,42)/b11-10-,14-13-. The van der Waals surface area contributed by atoms with E-state index in [1.54, 1.807) is 0 Å². The van der Waals surface area contributed by atoms with Crippen LogP contribution in [0, 0.1) is 0 Å². The van der Waals surface area contributed by atoms with Crippen LogP contribution in [-0.2, 0) is 14.3 Å². The molecule has 0 saturated carbocycles. The van der Waals surface area contributed by atoms with Crippen molar-refractivity contribution in [1.29, 1.82) is 0 Å². The van der Waals surface area contributed by atoms with Gasteiger partial charge < -0.3 is 9.84 Å². The maximum absolute atomic E-state index is 12.6. The van der Waals surface area contributed by atoms with Crippen LogP contribution in [-0.4, -0.2) is 23.1 Å². The molecule has 0 saturated heterocycles. The topological polar surface area (TPSA) is 63.6 Å². The Hall–Kier alpha value is -1.58. The second kappa shape index (κ2) is 35.9. The fraction of sp³-hybridized carbons (Fsp3) is 0.850. The van der Waals surface area contributed by atoms with Gasteiger partial charge in [-0.2, -0.15) is 0 Å². The highest BCUT2D eigenvalue weighted by Gasteiger charge is 2.14. The van der Waals surface area contributed by atoms with E-state index in [1.165, 1.54) is 122 Å². The maximum atomic E-state index is 12.6. The zero-order chi connectivity index (χ0) is 32.2. The third kappa shape index (κ3) is 34.9. The van der Waals surface area contributed by atoms with E-state index in [0.29, 0.717) is 12.8 Å². The van der Waals surface area contributed by atoms with Crippen LogP contribution >= 0.6 is 0 Å². The molecule has 0 aromatic heterocycles. The molecule has 1 atom stereocenters. The number of unbranched alkanes of at least 4 members (excludes halogenated alkanes) is 22. The normalized spacial score (nSPS) is 12.4. The largest absolute Gasteiger partial charge is 0.481 e. The third-order valence-electron chi connectivity index (χ3n) is 8.68. The molecule has 1 N–H and O–H groups in total. The minimum Gasteiger partial charge on any atom is -0.481 e. The predicted molar refractivity (Wildman–Crippen MR) is 190 cm³/mol. The van der Waals surface area contributed by atoms with E-state index in [-0.39, 0.29) is 12.1 Å². The Morgan fingerprint density at radius 2 is 0.886 bits per heavy atom. The van der Waals surface area contributed by atoms with Crippen molar-refractivity contribution < 1.29 is 19.4 Å². The van der Waals surface area contributed by atoms with E-state index >= 15 is 0 Å². The number of aliphatic carboxylic acids is 1. The quantitative estimate of drug-likeness (QED) is 0.0436. The SMILES string of the molecule is CCCCC/C=C\C/C=C\CCCCCCCCCCCC(=O)OC(CCCCCC)CCCCCCCCCCC(=O)O. The maximum Gasteiger partial charge on any atom is 0.306 e. The van der Waals surface area contributed by atoms with E-state index in [0.717, 1.165) is 64.2 Å². The van der Waals surface area contributed by atoms with Crippen molar-refractivity contribution in [3.63, 3.8) is 0 Å². The van der Waals surface area contributed by atoms with Gasteiger partial charge >= 0.3 is 11.9 Å². The summed E-state index contributed by atoms with van der Waals surface area (Å²) in [6.45, 7) is 4.49. The molecule has 0 radical (unpaired) electrons. The number of esters is 1. The highest BCUT2D eigenvalue weighted by atomic mass is 16.5. The molecule has 44 heavy (non-hydrogen) atoms. The molecule has 258 valence electrons. The highest BCUT2D eigenvalue weighted by molar-refractivity contribution is 5.69. The first kappa shape index (κ1) is 42.4. The van der Waals surface area contributed by atoms with Crippen molar-refractivity contribution in [2.24, 2.45) is 0 Å². The van der Waals surface area contributed by atoms with Gasteiger partial charge in [-0.3, -0.25) is 9.59 Å². The van der Waals surface area contributed by atoms with Crippen LogP contribution in [0.15, 0.2) is 24.3 Å². The molecule has 4 nitrogen and oxygen atoms in total. The lowest BCUT2D eigenvalue weighted by atomic mass is 10.0. The summed E-state index contributed by atoms with van der Waals surface area (Å²) in [5.74, 6) is -0.665. The number of carboxylic acid groups (broad SMARTS) is 1. The zero-order valence-electron chi connectivity index (χ0n) is 29.5. The van der Waals surface area contributed by atoms with Gasteiger partial charge in [0.1, 0.15) is 6.10 Å². The summed E-state index contributed by atoms with van der Waals surface area (Å²) in [7, 11) is 0. The molecule has 0 spiro atoms. The molecule has 0 bridgehead atoms. The summed E-state index contributed by atoms with van der Waals surface area (Å²) in [6.07, 6.45) is 45.0. The van der Waals surface area contributed by atoms with Gasteiger partial charge in [0.25, 0.3) is 0 Å². The van der Waals surface area contributed by atoms with Crippen molar-refractivity contribution in [3.8, 4) is 0 Å². The molecule has 0 aliphatic heterocycles. The molecule has 0 fully saturated rings. The summed E-state index contributed by atoms with van der Waals surface area (Å²) < 4.78 is 5.96. The molecule has 0 aliphatic carbocycles. The van der Waals surface area contributed by atoms with Gasteiger partial charge in [0.15, 0.2) is 0 Å². The number of hydrogen-bond donors (Lipinski definition) is 1. The molecule has 0 aromatic rings. The molecule has 0 rings (SSSR count). The Kier molecular flexibility index (Phi) is 34.6. The van der Waals surface area contributed by atoms with E-state index in [2.05, 4.69) is 38.2 Å². The lowest BCUT2D eigenvalue weighted by molar-refractivity contribution is -0.150. The number of ether oxygens (including phenoxy) is 1. The van der Waals surface area contributed by atoms with Crippen molar-refractivity contribution >= 4 is 11.9 Å². The number of hydrogen-bond acceptors (Lipinski definition) is 3. The van der Waals surface area contributed by atoms with Gasteiger partial charge in [-0.05, 0) is 70.6 Å². The van der Waals surface area contributed by atoms with Crippen LogP contribution in [0.3, 0.4) is 0 Å². The Labute approximate surface area is 274 Å². The molecule has 4 heteroatoms.